The molecular weight excluding hydrogens is 228 g/mol. The zero-order chi connectivity index (χ0) is 11.6. The summed E-state index contributed by atoms with van der Waals surface area (Å²) in [6.45, 7) is 0. The number of rotatable bonds is 3. The predicted molar refractivity (Wildman–Crippen MR) is 57.7 cm³/mol. The molecule has 0 atom stereocenters. The molecule has 2 aromatic rings. The van der Waals surface area contributed by atoms with Gasteiger partial charge >= 0.3 is 0 Å². The molecular formula is C9H10N4O2S. The molecule has 1 aromatic carbocycles. The summed E-state index contributed by atoms with van der Waals surface area (Å²) in [6, 6.07) is 9.15. The fourth-order valence-corrected chi connectivity index (χ4v) is 1.95. The molecule has 0 unspecified atom stereocenters. The smallest absolute Gasteiger partial charge is 0.171 e. The SMILES string of the molecule is CS(=O)(=O)Cc1nnnn1-c1ccccc1. The van der Waals surface area contributed by atoms with E-state index in [1.165, 1.54) is 4.68 Å². The zero-order valence-electron chi connectivity index (χ0n) is 8.61. The Morgan fingerprint density at radius 1 is 1.25 bits per heavy atom. The maximum Gasteiger partial charge on any atom is 0.171 e. The van der Waals surface area contributed by atoms with E-state index in [2.05, 4.69) is 15.5 Å². The standard InChI is InChI=1S/C9H10N4O2S/c1-16(14,15)7-9-10-11-12-13(9)8-5-3-2-4-6-8/h2-6H,7H2,1H3. The third-order valence-corrected chi connectivity index (χ3v) is 2.71. The topological polar surface area (TPSA) is 77.7 Å². The van der Waals surface area contributed by atoms with E-state index in [1.54, 1.807) is 0 Å². The third kappa shape index (κ3) is 2.43. The van der Waals surface area contributed by atoms with Crippen LogP contribution in [0.2, 0.25) is 0 Å². The van der Waals surface area contributed by atoms with Gasteiger partial charge < -0.3 is 0 Å². The molecule has 2 rings (SSSR count). The Bertz CT molecular complexity index is 577. The Balaban J connectivity index is 2.41. The van der Waals surface area contributed by atoms with E-state index in [0.717, 1.165) is 11.9 Å². The molecule has 16 heavy (non-hydrogen) atoms. The van der Waals surface area contributed by atoms with Crippen molar-refractivity contribution in [3.63, 3.8) is 0 Å². The van der Waals surface area contributed by atoms with Crippen LogP contribution in [0.4, 0.5) is 0 Å². The maximum atomic E-state index is 11.2. The summed E-state index contributed by atoms with van der Waals surface area (Å²) in [4.78, 5) is 0. The molecule has 0 aliphatic heterocycles. The highest BCUT2D eigenvalue weighted by Crippen LogP contribution is 2.08. The second-order valence-electron chi connectivity index (χ2n) is 3.41. The molecule has 0 bridgehead atoms. The van der Waals surface area contributed by atoms with Crippen molar-refractivity contribution in [2.24, 2.45) is 0 Å². The van der Waals surface area contributed by atoms with Crippen LogP contribution in [0, 0.1) is 0 Å². The number of sulfone groups is 1. The molecule has 0 aliphatic carbocycles. The highest BCUT2D eigenvalue weighted by Gasteiger charge is 2.13. The van der Waals surface area contributed by atoms with E-state index in [0.29, 0.717) is 5.82 Å². The Kier molecular flexibility index (Phi) is 2.69. The summed E-state index contributed by atoms with van der Waals surface area (Å²) in [5.41, 5.74) is 0.742. The average Bonchev–Trinajstić information content (AvgIpc) is 2.64. The molecule has 7 heteroatoms. The second-order valence-corrected chi connectivity index (χ2v) is 5.55. The fourth-order valence-electron chi connectivity index (χ4n) is 1.30. The molecule has 1 aromatic heterocycles. The van der Waals surface area contributed by atoms with E-state index in [9.17, 15) is 8.42 Å². The lowest BCUT2D eigenvalue weighted by Gasteiger charge is -2.02. The molecule has 0 radical (unpaired) electrons. The van der Waals surface area contributed by atoms with Crippen LogP contribution < -0.4 is 0 Å². The van der Waals surface area contributed by atoms with Gasteiger partial charge in [0.25, 0.3) is 0 Å². The average molecular weight is 238 g/mol. The van der Waals surface area contributed by atoms with Gasteiger partial charge in [-0.2, -0.15) is 4.68 Å². The van der Waals surface area contributed by atoms with E-state index in [-0.39, 0.29) is 5.75 Å². The molecule has 0 saturated heterocycles. The van der Waals surface area contributed by atoms with Crippen LogP contribution in [0.3, 0.4) is 0 Å². The molecule has 0 amide bonds. The number of benzene rings is 1. The number of aromatic nitrogens is 4. The van der Waals surface area contributed by atoms with Crippen LogP contribution >= 0.6 is 0 Å². The number of para-hydroxylation sites is 1. The first-order valence-corrected chi connectivity index (χ1v) is 6.63. The maximum absolute atomic E-state index is 11.2. The summed E-state index contributed by atoms with van der Waals surface area (Å²) in [5.74, 6) is 0.142. The van der Waals surface area contributed by atoms with Gasteiger partial charge in [0.1, 0.15) is 5.75 Å². The number of hydrogen-bond acceptors (Lipinski definition) is 5. The van der Waals surface area contributed by atoms with Crippen LogP contribution in [0.15, 0.2) is 30.3 Å². The number of tetrazole rings is 1. The molecule has 84 valence electrons. The van der Waals surface area contributed by atoms with Crippen LogP contribution in [-0.4, -0.2) is 34.9 Å². The summed E-state index contributed by atoms with van der Waals surface area (Å²) < 4.78 is 23.8. The largest absolute Gasteiger partial charge is 0.229 e. The molecule has 0 saturated carbocycles. The van der Waals surface area contributed by atoms with Gasteiger partial charge in [-0.3, -0.25) is 0 Å². The van der Waals surface area contributed by atoms with Crippen molar-refractivity contribution in [1.82, 2.24) is 20.2 Å². The van der Waals surface area contributed by atoms with Crippen molar-refractivity contribution in [3.05, 3.63) is 36.2 Å². The van der Waals surface area contributed by atoms with Gasteiger partial charge in [-0.25, -0.2) is 8.42 Å². The van der Waals surface area contributed by atoms with Gasteiger partial charge in [-0.15, -0.1) is 5.10 Å². The van der Waals surface area contributed by atoms with Crippen molar-refractivity contribution in [2.75, 3.05) is 6.26 Å². The Labute approximate surface area is 92.8 Å². The Morgan fingerprint density at radius 2 is 1.94 bits per heavy atom. The summed E-state index contributed by atoms with van der Waals surface area (Å²) >= 11 is 0. The van der Waals surface area contributed by atoms with Gasteiger partial charge in [0, 0.05) is 6.26 Å². The lowest BCUT2D eigenvalue weighted by molar-refractivity contribution is 0.598. The van der Waals surface area contributed by atoms with Crippen LogP contribution in [0.1, 0.15) is 5.82 Å². The first-order chi connectivity index (χ1) is 7.56. The molecule has 0 spiro atoms. The predicted octanol–water partition coefficient (Wildman–Crippen LogP) is 0.207. The van der Waals surface area contributed by atoms with Crippen molar-refractivity contribution in [1.29, 1.82) is 0 Å². The Hall–Kier alpha value is -1.76. The molecule has 0 aliphatic rings. The van der Waals surface area contributed by atoms with Crippen LogP contribution in [-0.2, 0) is 15.6 Å². The highest BCUT2D eigenvalue weighted by atomic mass is 32.2. The van der Waals surface area contributed by atoms with Crippen molar-refractivity contribution in [3.8, 4) is 5.69 Å². The van der Waals surface area contributed by atoms with E-state index >= 15 is 0 Å². The van der Waals surface area contributed by atoms with Crippen LogP contribution in [0.5, 0.6) is 0 Å². The monoisotopic (exact) mass is 238 g/mol. The molecule has 0 fully saturated rings. The van der Waals surface area contributed by atoms with Crippen LogP contribution in [0.25, 0.3) is 5.69 Å². The van der Waals surface area contributed by atoms with E-state index in [4.69, 9.17) is 0 Å². The zero-order valence-corrected chi connectivity index (χ0v) is 9.42. The first kappa shape index (κ1) is 10.7. The summed E-state index contributed by atoms with van der Waals surface area (Å²) in [6.07, 6.45) is 1.15. The lowest BCUT2D eigenvalue weighted by Crippen LogP contribution is -2.09. The Morgan fingerprint density at radius 3 is 2.56 bits per heavy atom. The summed E-state index contributed by atoms with van der Waals surface area (Å²) in [5, 5.41) is 10.9. The van der Waals surface area contributed by atoms with Crippen molar-refractivity contribution < 1.29 is 8.42 Å². The van der Waals surface area contributed by atoms with E-state index in [1.807, 2.05) is 30.3 Å². The third-order valence-electron chi connectivity index (χ3n) is 1.93. The quantitative estimate of drug-likeness (QED) is 0.763. The minimum Gasteiger partial charge on any atom is -0.229 e. The highest BCUT2D eigenvalue weighted by molar-refractivity contribution is 7.89. The van der Waals surface area contributed by atoms with Gasteiger partial charge in [-0.05, 0) is 22.6 Å². The van der Waals surface area contributed by atoms with Crippen molar-refractivity contribution >= 4 is 9.84 Å². The summed E-state index contributed by atoms with van der Waals surface area (Å²) in [7, 11) is -3.14. The second kappa shape index (κ2) is 4.01. The first-order valence-electron chi connectivity index (χ1n) is 4.57. The van der Waals surface area contributed by atoms with Crippen molar-refractivity contribution in [2.45, 2.75) is 5.75 Å². The lowest BCUT2D eigenvalue weighted by atomic mass is 10.3. The van der Waals surface area contributed by atoms with Gasteiger partial charge in [0.15, 0.2) is 15.7 Å². The molecule has 0 N–H and O–H groups in total. The minimum absolute atomic E-state index is 0.172. The van der Waals surface area contributed by atoms with Gasteiger partial charge in [0.05, 0.1) is 5.69 Å². The van der Waals surface area contributed by atoms with E-state index < -0.39 is 9.84 Å². The molecule has 1 heterocycles. The number of hydrogen-bond donors (Lipinski definition) is 0. The number of nitrogens with zero attached hydrogens (tertiary/aromatic N) is 4. The van der Waals surface area contributed by atoms with Gasteiger partial charge in [0.2, 0.25) is 0 Å². The minimum atomic E-state index is -3.14. The van der Waals surface area contributed by atoms with Gasteiger partial charge in [-0.1, -0.05) is 18.2 Å². The molecule has 6 nitrogen and oxygen atoms in total. The fraction of sp³-hybridized carbons (Fsp3) is 0.222. The normalized spacial score (nSPS) is 11.6.